The van der Waals surface area contributed by atoms with Crippen LogP contribution in [0.4, 0.5) is 0 Å². The van der Waals surface area contributed by atoms with Gasteiger partial charge in [0.2, 0.25) is 5.91 Å². The minimum Gasteiger partial charge on any atom is -0.381 e. The van der Waals surface area contributed by atoms with E-state index in [1.54, 1.807) is 0 Å². The summed E-state index contributed by atoms with van der Waals surface area (Å²) in [6.07, 6.45) is 2.51. The van der Waals surface area contributed by atoms with E-state index in [0.29, 0.717) is 12.3 Å². The zero-order valence-electron chi connectivity index (χ0n) is 6.01. The Morgan fingerprint density at radius 1 is 1.50 bits per heavy atom. The zero-order valence-corrected chi connectivity index (χ0v) is 6.01. The van der Waals surface area contributed by atoms with E-state index in [4.69, 9.17) is 10.5 Å². The Labute approximate surface area is 60.5 Å². The third-order valence-electron chi connectivity index (χ3n) is 1.83. The fraction of sp³-hybridized carbons (Fsp3) is 0.857. The van der Waals surface area contributed by atoms with Gasteiger partial charge < -0.3 is 10.5 Å². The Balaban J connectivity index is 2.19. The van der Waals surface area contributed by atoms with E-state index in [1.165, 1.54) is 0 Å². The number of ether oxygens (including phenoxy) is 1. The summed E-state index contributed by atoms with van der Waals surface area (Å²) in [5.41, 5.74) is 5.04. The number of hydrogen-bond acceptors (Lipinski definition) is 2. The summed E-state index contributed by atoms with van der Waals surface area (Å²) in [6.45, 7) is 1.58. The predicted molar refractivity (Wildman–Crippen MR) is 37.4 cm³/mol. The van der Waals surface area contributed by atoms with Gasteiger partial charge in [-0.2, -0.15) is 0 Å². The van der Waals surface area contributed by atoms with Crippen LogP contribution in [0.5, 0.6) is 0 Å². The van der Waals surface area contributed by atoms with Gasteiger partial charge in [-0.25, -0.2) is 0 Å². The van der Waals surface area contributed by atoms with Crippen molar-refractivity contribution in [1.82, 2.24) is 0 Å². The molecule has 1 saturated heterocycles. The van der Waals surface area contributed by atoms with Crippen molar-refractivity contribution >= 4 is 5.91 Å². The first-order valence-corrected chi connectivity index (χ1v) is 3.65. The maximum Gasteiger partial charge on any atom is 0.217 e. The molecule has 1 heterocycles. The molecular formula is C7H13NO2. The van der Waals surface area contributed by atoms with Crippen LogP contribution in [0, 0.1) is 5.92 Å². The summed E-state index contributed by atoms with van der Waals surface area (Å²) in [5.74, 6) is 0.290. The Bertz CT molecular complexity index is 119. The lowest BCUT2D eigenvalue weighted by Crippen LogP contribution is -2.22. The van der Waals surface area contributed by atoms with Crippen molar-refractivity contribution < 1.29 is 9.53 Å². The second-order valence-electron chi connectivity index (χ2n) is 2.73. The normalized spacial score (nSPS) is 20.8. The zero-order chi connectivity index (χ0) is 7.40. The van der Waals surface area contributed by atoms with Crippen molar-refractivity contribution in [3.8, 4) is 0 Å². The molecule has 0 aliphatic carbocycles. The van der Waals surface area contributed by atoms with E-state index < -0.39 is 0 Å². The molecule has 0 aromatic heterocycles. The molecular weight excluding hydrogens is 130 g/mol. The minimum atomic E-state index is -0.188. The third-order valence-corrected chi connectivity index (χ3v) is 1.83. The van der Waals surface area contributed by atoms with Crippen LogP contribution in [0.2, 0.25) is 0 Å². The summed E-state index contributed by atoms with van der Waals surface area (Å²) in [5, 5.41) is 0. The average molecular weight is 143 g/mol. The van der Waals surface area contributed by atoms with Crippen molar-refractivity contribution in [3.05, 3.63) is 0 Å². The smallest absolute Gasteiger partial charge is 0.217 e. The highest BCUT2D eigenvalue weighted by molar-refractivity contribution is 5.73. The van der Waals surface area contributed by atoms with Gasteiger partial charge in [0.05, 0.1) is 0 Å². The first-order chi connectivity index (χ1) is 4.79. The lowest BCUT2D eigenvalue weighted by atomic mass is 9.96. The van der Waals surface area contributed by atoms with Gasteiger partial charge in [0.15, 0.2) is 0 Å². The second-order valence-corrected chi connectivity index (χ2v) is 2.73. The van der Waals surface area contributed by atoms with Crippen LogP contribution in [0.1, 0.15) is 19.3 Å². The molecule has 58 valence electrons. The van der Waals surface area contributed by atoms with Gasteiger partial charge in [-0.3, -0.25) is 4.79 Å². The molecule has 10 heavy (non-hydrogen) atoms. The number of nitrogens with two attached hydrogens (primary N) is 1. The van der Waals surface area contributed by atoms with Crippen molar-refractivity contribution in [2.24, 2.45) is 11.7 Å². The highest BCUT2D eigenvalue weighted by Crippen LogP contribution is 2.17. The van der Waals surface area contributed by atoms with Gasteiger partial charge >= 0.3 is 0 Å². The molecule has 1 amide bonds. The number of rotatable bonds is 2. The number of hydrogen-bond donors (Lipinski definition) is 1. The van der Waals surface area contributed by atoms with Crippen molar-refractivity contribution in [3.63, 3.8) is 0 Å². The van der Waals surface area contributed by atoms with E-state index in [9.17, 15) is 4.79 Å². The maximum absolute atomic E-state index is 10.4. The Kier molecular flexibility index (Phi) is 2.68. The minimum absolute atomic E-state index is 0.188. The predicted octanol–water partition coefficient (Wildman–Crippen LogP) is 0.288. The Hall–Kier alpha value is -0.570. The highest BCUT2D eigenvalue weighted by atomic mass is 16.5. The van der Waals surface area contributed by atoms with Crippen molar-refractivity contribution in [1.29, 1.82) is 0 Å². The van der Waals surface area contributed by atoms with Crippen LogP contribution >= 0.6 is 0 Å². The van der Waals surface area contributed by atoms with Gasteiger partial charge in [-0.15, -0.1) is 0 Å². The molecule has 0 aromatic carbocycles. The molecule has 0 radical (unpaired) electrons. The first kappa shape index (κ1) is 7.54. The average Bonchev–Trinajstić information content (AvgIpc) is 1.88. The van der Waals surface area contributed by atoms with E-state index >= 15 is 0 Å². The summed E-state index contributed by atoms with van der Waals surface area (Å²) >= 11 is 0. The van der Waals surface area contributed by atoms with Crippen LogP contribution in [0.25, 0.3) is 0 Å². The fourth-order valence-corrected chi connectivity index (χ4v) is 1.24. The molecule has 3 nitrogen and oxygen atoms in total. The Morgan fingerprint density at radius 2 is 2.10 bits per heavy atom. The molecule has 0 saturated carbocycles. The number of carbonyl (C=O) groups excluding carboxylic acids is 1. The Morgan fingerprint density at radius 3 is 2.60 bits per heavy atom. The highest BCUT2D eigenvalue weighted by Gasteiger charge is 2.15. The van der Waals surface area contributed by atoms with E-state index in [-0.39, 0.29) is 5.91 Å². The van der Waals surface area contributed by atoms with E-state index in [2.05, 4.69) is 0 Å². The van der Waals surface area contributed by atoms with Crippen molar-refractivity contribution in [2.75, 3.05) is 13.2 Å². The largest absolute Gasteiger partial charge is 0.381 e. The molecule has 1 fully saturated rings. The molecule has 1 rings (SSSR count). The molecule has 3 heteroatoms. The number of primary amides is 1. The summed E-state index contributed by atoms with van der Waals surface area (Å²) in [7, 11) is 0. The van der Waals surface area contributed by atoms with Gasteiger partial charge in [0.25, 0.3) is 0 Å². The third kappa shape index (κ3) is 2.35. The first-order valence-electron chi connectivity index (χ1n) is 3.65. The summed E-state index contributed by atoms with van der Waals surface area (Å²) in [4.78, 5) is 10.4. The maximum atomic E-state index is 10.4. The summed E-state index contributed by atoms with van der Waals surface area (Å²) < 4.78 is 5.13. The van der Waals surface area contributed by atoms with Crippen LogP contribution in [-0.4, -0.2) is 19.1 Å². The second kappa shape index (κ2) is 3.56. The topological polar surface area (TPSA) is 52.3 Å². The molecule has 1 aliphatic heterocycles. The van der Waals surface area contributed by atoms with Gasteiger partial charge in [-0.1, -0.05) is 0 Å². The SMILES string of the molecule is NC(=O)CC1CCOCC1. The molecule has 1 aliphatic rings. The van der Waals surface area contributed by atoms with Crippen LogP contribution in [-0.2, 0) is 9.53 Å². The molecule has 0 atom stereocenters. The molecule has 2 N–H and O–H groups in total. The van der Waals surface area contributed by atoms with Crippen LogP contribution in [0.3, 0.4) is 0 Å². The van der Waals surface area contributed by atoms with Crippen molar-refractivity contribution in [2.45, 2.75) is 19.3 Å². The van der Waals surface area contributed by atoms with Gasteiger partial charge in [-0.05, 0) is 18.8 Å². The molecule has 0 unspecified atom stereocenters. The lowest BCUT2D eigenvalue weighted by Gasteiger charge is -2.20. The molecule has 0 spiro atoms. The van der Waals surface area contributed by atoms with Crippen LogP contribution in [0.15, 0.2) is 0 Å². The fourth-order valence-electron chi connectivity index (χ4n) is 1.24. The van der Waals surface area contributed by atoms with Crippen LogP contribution < -0.4 is 5.73 Å². The standard InChI is InChI=1S/C7H13NO2/c8-7(9)5-6-1-3-10-4-2-6/h6H,1-5H2,(H2,8,9). The monoisotopic (exact) mass is 143 g/mol. The quantitative estimate of drug-likeness (QED) is 0.604. The number of amides is 1. The molecule has 0 bridgehead atoms. The molecule has 0 aromatic rings. The lowest BCUT2D eigenvalue weighted by molar-refractivity contribution is -0.119. The number of carbonyl (C=O) groups is 1. The van der Waals surface area contributed by atoms with E-state index in [0.717, 1.165) is 26.1 Å². The van der Waals surface area contributed by atoms with Gasteiger partial charge in [0.1, 0.15) is 0 Å². The van der Waals surface area contributed by atoms with E-state index in [1.807, 2.05) is 0 Å². The van der Waals surface area contributed by atoms with Gasteiger partial charge in [0, 0.05) is 19.6 Å². The summed E-state index contributed by atoms with van der Waals surface area (Å²) in [6, 6.07) is 0.